The minimum atomic E-state index is -1.02. The Bertz CT molecular complexity index is 478. The van der Waals surface area contributed by atoms with Gasteiger partial charge < -0.3 is 15.2 Å². The van der Waals surface area contributed by atoms with Gasteiger partial charge in [0.25, 0.3) is 0 Å². The van der Waals surface area contributed by atoms with Gasteiger partial charge in [-0.25, -0.2) is 9.78 Å². The van der Waals surface area contributed by atoms with Crippen molar-refractivity contribution < 1.29 is 14.6 Å². The number of aromatic nitrogens is 1. The van der Waals surface area contributed by atoms with Gasteiger partial charge in [-0.05, 0) is 19.1 Å². The number of rotatable bonds is 5. The van der Waals surface area contributed by atoms with E-state index in [1.54, 1.807) is 0 Å². The highest BCUT2D eigenvalue weighted by Gasteiger charge is 2.17. The van der Waals surface area contributed by atoms with Crippen molar-refractivity contribution in [2.24, 2.45) is 0 Å². The number of anilines is 1. The first-order valence-corrected chi connectivity index (χ1v) is 6.90. The Balaban J connectivity index is 2.00. The Morgan fingerprint density at radius 3 is 2.90 bits per heavy atom. The molecule has 0 bridgehead atoms. The van der Waals surface area contributed by atoms with Crippen molar-refractivity contribution in [3.8, 4) is 0 Å². The summed E-state index contributed by atoms with van der Waals surface area (Å²) >= 11 is 5.83. The Morgan fingerprint density at radius 2 is 2.25 bits per heavy atom. The van der Waals surface area contributed by atoms with Crippen LogP contribution in [0, 0.1) is 0 Å². The van der Waals surface area contributed by atoms with E-state index in [-0.39, 0.29) is 16.8 Å². The molecule has 1 aliphatic rings. The van der Waals surface area contributed by atoms with Gasteiger partial charge in [0.05, 0.1) is 13.2 Å². The van der Waals surface area contributed by atoms with Crippen molar-refractivity contribution in [3.63, 3.8) is 0 Å². The summed E-state index contributed by atoms with van der Waals surface area (Å²) in [5.74, 6) is -0.707. The number of ether oxygens (including phenoxy) is 1. The summed E-state index contributed by atoms with van der Waals surface area (Å²) in [4.78, 5) is 17.5. The molecular formula is C13H18ClN3O3. The van der Waals surface area contributed by atoms with Crippen LogP contribution in [0.5, 0.6) is 0 Å². The van der Waals surface area contributed by atoms with Gasteiger partial charge in [0.2, 0.25) is 0 Å². The van der Waals surface area contributed by atoms with Crippen LogP contribution in [0.25, 0.3) is 0 Å². The molecule has 1 aromatic heterocycles. The maximum atomic E-state index is 11.2. The zero-order valence-electron chi connectivity index (χ0n) is 11.3. The second-order valence-corrected chi connectivity index (χ2v) is 5.18. The van der Waals surface area contributed by atoms with Crippen LogP contribution in [-0.2, 0) is 4.74 Å². The molecule has 20 heavy (non-hydrogen) atoms. The number of aromatic carboxylic acids is 1. The Kier molecular flexibility index (Phi) is 5.17. The predicted octanol–water partition coefficient (Wildman–Crippen LogP) is 1.57. The summed E-state index contributed by atoms with van der Waals surface area (Å²) in [6, 6.07) is 3.00. The number of carboxylic acids is 1. The van der Waals surface area contributed by atoms with Gasteiger partial charge in [-0.15, -0.1) is 0 Å². The van der Waals surface area contributed by atoms with E-state index in [1.165, 1.54) is 12.1 Å². The highest BCUT2D eigenvalue weighted by Crippen LogP contribution is 2.17. The van der Waals surface area contributed by atoms with E-state index >= 15 is 0 Å². The number of hydrogen-bond donors (Lipinski definition) is 2. The third-order valence-electron chi connectivity index (χ3n) is 3.11. The van der Waals surface area contributed by atoms with Crippen LogP contribution in [0.4, 0.5) is 5.82 Å². The van der Waals surface area contributed by atoms with Gasteiger partial charge in [0.15, 0.2) is 0 Å². The third-order valence-corrected chi connectivity index (χ3v) is 3.32. The molecule has 0 amide bonds. The van der Waals surface area contributed by atoms with Crippen molar-refractivity contribution in [2.45, 2.75) is 13.0 Å². The molecule has 1 aliphatic heterocycles. The monoisotopic (exact) mass is 299 g/mol. The molecule has 1 atom stereocenters. The maximum Gasteiger partial charge on any atom is 0.339 e. The lowest BCUT2D eigenvalue weighted by Crippen LogP contribution is -2.42. The van der Waals surface area contributed by atoms with Crippen molar-refractivity contribution in [2.75, 3.05) is 38.2 Å². The standard InChI is InChI=1S/C13H18ClN3O3/c1-9(8-17-4-6-20-7-5-17)15-12-10(13(18)19)2-3-11(14)16-12/h2-3,9H,4-8H2,1H3,(H,15,16)(H,18,19). The largest absolute Gasteiger partial charge is 0.478 e. The van der Waals surface area contributed by atoms with E-state index in [2.05, 4.69) is 15.2 Å². The molecule has 1 fully saturated rings. The first-order valence-electron chi connectivity index (χ1n) is 6.52. The fourth-order valence-corrected chi connectivity index (χ4v) is 2.32. The molecule has 0 radical (unpaired) electrons. The Hall–Kier alpha value is -1.37. The van der Waals surface area contributed by atoms with E-state index in [0.29, 0.717) is 5.82 Å². The van der Waals surface area contributed by atoms with Crippen molar-refractivity contribution >= 4 is 23.4 Å². The molecular weight excluding hydrogens is 282 g/mol. The van der Waals surface area contributed by atoms with E-state index in [9.17, 15) is 4.79 Å². The van der Waals surface area contributed by atoms with Gasteiger partial charge in [-0.2, -0.15) is 0 Å². The first kappa shape index (κ1) is 15.0. The van der Waals surface area contributed by atoms with Gasteiger partial charge in [0.1, 0.15) is 16.5 Å². The molecule has 2 heterocycles. The molecule has 1 unspecified atom stereocenters. The van der Waals surface area contributed by atoms with Crippen LogP contribution >= 0.6 is 11.6 Å². The number of pyridine rings is 1. The fourth-order valence-electron chi connectivity index (χ4n) is 2.17. The number of carboxylic acid groups (broad SMARTS) is 1. The van der Waals surface area contributed by atoms with Crippen molar-refractivity contribution in [1.29, 1.82) is 0 Å². The summed E-state index contributed by atoms with van der Waals surface area (Å²) in [5, 5.41) is 12.5. The Morgan fingerprint density at radius 1 is 1.55 bits per heavy atom. The highest BCUT2D eigenvalue weighted by atomic mass is 35.5. The number of carbonyl (C=O) groups is 1. The molecule has 0 aromatic carbocycles. The summed E-state index contributed by atoms with van der Waals surface area (Å²) in [7, 11) is 0. The maximum absolute atomic E-state index is 11.2. The van der Waals surface area contributed by atoms with E-state index in [0.717, 1.165) is 32.8 Å². The van der Waals surface area contributed by atoms with Gasteiger partial charge in [-0.1, -0.05) is 11.6 Å². The van der Waals surface area contributed by atoms with Crippen LogP contribution < -0.4 is 5.32 Å². The first-order chi connectivity index (χ1) is 9.56. The molecule has 7 heteroatoms. The second-order valence-electron chi connectivity index (χ2n) is 4.79. The summed E-state index contributed by atoms with van der Waals surface area (Å²) in [6.45, 7) is 6.05. The lowest BCUT2D eigenvalue weighted by atomic mass is 10.2. The van der Waals surface area contributed by atoms with Gasteiger partial charge in [-0.3, -0.25) is 4.90 Å². The van der Waals surface area contributed by atoms with Crippen molar-refractivity contribution in [1.82, 2.24) is 9.88 Å². The smallest absolute Gasteiger partial charge is 0.339 e. The van der Waals surface area contributed by atoms with E-state index < -0.39 is 5.97 Å². The molecule has 110 valence electrons. The lowest BCUT2D eigenvalue weighted by molar-refractivity contribution is 0.0368. The SMILES string of the molecule is CC(CN1CCOCC1)Nc1nc(Cl)ccc1C(=O)O. The summed E-state index contributed by atoms with van der Waals surface area (Å²) in [5.41, 5.74) is 0.128. The van der Waals surface area contributed by atoms with Gasteiger partial charge >= 0.3 is 5.97 Å². The zero-order valence-corrected chi connectivity index (χ0v) is 12.1. The summed E-state index contributed by atoms with van der Waals surface area (Å²) < 4.78 is 5.30. The number of morpholine rings is 1. The zero-order chi connectivity index (χ0) is 14.5. The fraction of sp³-hybridized carbons (Fsp3) is 0.538. The predicted molar refractivity (Wildman–Crippen MR) is 76.6 cm³/mol. The topological polar surface area (TPSA) is 74.7 Å². The normalized spacial score (nSPS) is 17.7. The second kappa shape index (κ2) is 6.88. The molecule has 1 saturated heterocycles. The molecule has 6 nitrogen and oxygen atoms in total. The average molecular weight is 300 g/mol. The number of nitrogens with zero attached hydrogens (tertiary/aromatic N) is 2. The van der Waals surface area contributed by atoms with Crippen LogP contribution in [0.2, 0.25) is 5.15 Å². The van der Waals surface area contributed by atoms with Gasteiger partial charge in [0, 0.05) is 25.7 Å². The van der Waals surface area contributed by atoms with E-state index in [1.807, 2.05) is 6.92 Å². The lowest BCUT2D eigenvalue weighted by Gasteiger charge is -2.29. The van der Waals surface area contributed by atoms with Crippen LogP contribution in [0.1, 0.15) is 17.3 Å². The quantitative estimate of drug-likeness (QED) is 0.804. The van der Waals surface area contributed by atoms with Crippen LogP contribution in [0.3, 0.4) is 0 Å². The minimum absolute atomic E-state index is 0.0668. The van der Waals surface area contributed by atoms with Crippen LogP contribution in [-0.4, -0.2) is 59.8 Å². The number of hydrogen-bond acceptors (Lipinski definition) is 5. The molecule has 0 spiro atoms. The molecule has 1 aromatic rings. The summed E-state index contributed by atoms with van der Waals surface area (Å²) in [6.07, 6.45) is 0. The number of nitrogens with one attached hydrogen (secondary N) is 1. The molecule has 2 rings (SSSR count). The van der Waals surface area contributed by atoms with Crippen LogP contribution in [0.15, 0.2) is 12.1 Å². The molecule has 0 saturated carbocycles. The molecule has 0 aliphatic carbocycles. The average Bonchev–Trinajstić information content (AvgIpc) is 2.39. The molecule has 2 N–H and O–H groups in total. The van der Waals surface area contributed by atoms with E-state index in [4.69, 9.17) is 21.4 Å². The highest BCUT2D eigenvalue weighted by molar-refractivity contribution is 6.29. The Labute approximate surface area is 122 Å². The number of halogens is 1. The minimum Gasteiger partial charge on any atom is -0.478 e. The third kappa shape index (κ3) is 4.06. The van der Waals surface area contributed by atoms with Crippen molar-refractivity contribution in [3.05, 3.63) is 22.8 Å².